The molecule has 0 aliphatic carbocycles. The quantitative estimate of drug-likeness (QED) is 0.305. The molecule has 3 aromatic heterocycles. The maximum atomic E-state index is 15.1. The Morgan fingerprint density at radius 1 is 1.07 bits per heavy atom. The molecule has 0 bridgehead atoms. The lowest BCUT2D eigenvalue weighted by atomic mass is 9.83. The number of nitrogens with one attached hydrogen (secondary N) is 1. The first kappa shape index (κ1) is 27.4. The van der Waals surface area contributed by atoms with Gasteiger partial charge in [-0.05, 0) is 37.1 Å². The number of carbonyl (C=O) groups is 1. The summed E-state index contributed by atoms with van der Waals surface area (Å²) in [6, 6.07) is 18.0. The van der Waals surface area contributed by atoms with E-state index >= 15 is 4.39 Å². The Bertz CT molecular complexity index is 1950. The number of halogens is 1. The Kier molecular flexibility index (Phi) is 6.88. The number of hydrogen-bond acceptors (Lipinski definition) is 7. The van der Waals surface area contributed by atoms with Crippen LogP contribution in [0.2, 0.25) is 0 Å². The summed E-state index contributed by atoms with van der Waals surface area (Å²) in [5.74, 6) is -0.725. The predicted octanol–water partition coefficient (Wildman–Crippen LogP) is 4.73. The molecule has 218 valence electrons. The molecule has 1 amide bonds. The van der Waals surface area contributed by atoms with Crippen molar-refractivity contribution in [3.05, 3.63) is 90.4 Å². The van der Waals surface area contributed by atoms with E-state index in [1.54, 1.807) is 47.5 Å². The molecule has 5 aromatic rings. The number of nitriles is 2. The van der Waals surface area contributed by atoms with Gasteiger partial charge in [0.1, 0.15) is 23.3 Å². The van der Waals surface area contributed by atoms with Gasteiger partial charge in [0.15, 0.2) is 0 Å². The molecule has 2 aliphatic rings. The molecule has 2 fully saturated rings. The standard InChI is InChI=1S/C33H28FN9O/c34-29-15-22(5-6-27(29)26-4-2-1-3-23(26)16-36)32(44)41-13-8-25(9-14-41)42-19-33(20-42,10-11-35)43-18-24(17-40-43)30-28-7-12-37-31(28)39-21-38-30/h1-7,12,15,17-18,21,25H,8-10,13-14,19-20H2,(H,37,38,39). The van der Waals surface area contributed by atoms with Crippen molar-refractivity contribution >= 4 is 16.9 Å². The normalized spacial score (nSPS) is 16.8. The summed E-state index contributed by atoms with van der Waals surface area (Å²) < 4.78 is 17.0. The number of carbonyl (C=O) groups excluding carboxylic acids is 1. The number of likely N-dealkylation sites (tertiary alicyclic amines) is 2. The second-order valence-electron chi connectivity index (χ2n) is 11.5. The van der Waals surface area contributed by atoms with Crippen LogP contribution in [0.1, 0.15) is 35.2 Å². The fraction of sp³-hybridized carbons (Fsp3) is 0.273. The van der Waals surface area contributed by atoms with Gasteiger partial charge < -0.3 is 9.88 Å². The second kappa shape index (κ2) is 11.0. The fourth-order valence-corrected chi connectivity index (χ4v) is 6.56. The van der Waals surface area contributed by atoms with Crippen molar-refractivity contribution in [2.24, 2.45) is 0 Å². The highest BCUT2D eigenvalue weighted by Gasteiger charge is 2.48. The number of fused-ring (bicyclic) bond motifs is 1. The molecule has 2 aliphatic heterocycles. The number of rotatable bonds is 6. The molecule has 11 heteroatoms. The van der Waals surface area contributed by atoms with E-state index in [1.807, 2.05) is 23.1 Å². The molecule has 1 N–H and O–H groups in total. The average Bonchev–Trinajstić information content (AvgIpc) is 3.73. The van der Waals surface area contributed by atoms with Crippen molar-refractivity contribution in [1.82, 2.24) is 34.5 Å². The van der Waals surface area contributed by atoms with Crippen molar-refractivity contribution in [2.45, 2.75) is 30.8 Å². The van der Waals surface area contributed by atoms with E-state index in [0.29, 0.717) is 54.9 Å². The monoisotopic (exact) mass is 585 g/mol. The van der Waals surface area contributed by atoms with Crippen molar-refractivity contribution in [2.75, 3.05) is 26.2 Å². The lowest BCUT2D eigenvalue weighted by Crippen LogP contribution is -2.66. The minimum Gasteiger partial charge on any atom is -0.346 e. The van der Waals surface area contributed by atoms with Crippen LogP contribution in [0.15, 0.2) is 73.4 Å². The van der Waals surface area contributed by atoms with Gasteiger partial charge in [0, 0.05) is 72.3 Å². The Morgan fingerprint density at radius 3 is 2.66 bits per heavy atom. The molecular formula is C33H28FN9O. The highest BCUT2D eigenvalue weighted by atomic mass is 19.1. The van der Waals surface area contributed by atoms with Gasteiger partial charge in [0.25, 0.3) is 5.91 Å². The van der Waals surface area contributed by atoms with E-state index in [2.05, 4.69) is 37.1 Å². The van der Waals surface area contributed by atoms with Gasteiger partial charge in [-0.1, -0.05) is 24.3 Å². The van der Waals surface area contributed by atoms with E-state index in [1.165, 1.54) is 12.4 Å². The van der Waals surface area contributed by atoms with Crippen LogP contribution >= 0.6 is 0 Å². The summed E-state index contributed by atoms with van der Waals surface area (Å²) in [6.07, 6.45) is 9.04. The lowest BCUT2D eigenvalue weighted by Gasteiger charge is -2.53. The molecule has 5 heterocycles. The van der Waals surface area contributed by atoms with E-state index in [-0.39, 0.29) is 11.9 Å². The van der Waals surface area contributed by atoms with Crippen LogP contribution in [-0.4, -0.2) is 72.7 Å². The van der Waals surface area contributed by atoms with Gasteiger partial charge in [0.05, 0.1) is 36.0 Å². The van der Waals surface area contributed by atoms with Crippen LogP contribution in [0.25, 0.3) is 33.4 Å². The fourth-order valence-electron chi connectivity index (χ4n) is 6.56. The summed E-state index contributed by atoms with van der Waals surface area (Å²) in [6.45, 7) is 2.53. The maximum absolute atomic E-state index is 15.1. The zero-order valence-corrected chi connectivity index (χ0v) is 23.8. The molecule has 0 atom stereocenters. The van der Waals surface area contributed by atoms with Crippen LogP contribution in [0, 0.1) is 28.5 Å². The van der Waals surface area contributed by atoms with Crippen LogP contribution in [0.3, 0.4) is 0 Å². The smallest absolute Gasteiger partial charge is 0.253 e. The van der Waals surface area contributed by atoms with Gasteiger partial charge in [-0.2, -0.15) is 15.6 Å². The van der Waals surface area contributed by atoms with Crippen molar-refractivity contribution in [3.8, 4) is 34.5 Å². The number of H-pyrrole nitrogens is 1. The largest absolute Gasteiger partial charge is 0.346 e. The first-order chi connectivity index (χ1) is 21.5. The number of aromatic nitrogens is 5. The summed E-state index contributed by atoms with van der Waals surface area (Å²) in [4.78, 5) is 29.3. The molecule has 0 unspecified atom stereocenters. The highest BCUT2D eigenvalue weighted by molar-refractivity contribution is 5.95. The average molecular weight is 586 g/mol. The molecule has 2 saturated heterocycles. The Morgan fingerprint density at radius 2 is 1.89 bits per heavy atom. The summed E-state index contributed by atoms with van der Waals surface area (Å²) >= 11 is 0. The van der Waals surface area contributed by atoms with Crippen LogP contribution < -0.4 is 0 Å². The Labute approximate surface area is 253 Å². The number of amides is 1. The summed E-state index contributed by atoms with van der Waals surface area (Å²) in [5, 5.41) is 24.6. The van der Waals surface area contributed by atoms with E-state index < -0.39 is 11.4 Å². The van der Waals surface area contributed by atoms with E-state index in [4.69, 9.17) is 0 Å². The molecule has 10 nitrogen and oxygen atoms in total. The zero-order chi connectivity index (χ0) is 30.3. The van der Waals surface area contributed by atoms with Crippen LogP contribution in [-0.2, 0) is 5.54 Å². The summed E-state index contributed by atoms with van der Waals surface area (Å²) in [7, 11) is 0. The Hall–Kier alpha value is -5.39. The number of benzene rings is 2. The van der Waals surface area contributed by atoms with Gasteiger partial charge in [-0.3, -0.25) is 14.4 Å². The highest BCUT2D eigenvalue weighted by Crippen LogP contribution is 2.37. The minimum atomic E-state index is -0.526. The third-order valence-corrected chi connectivity index (χ3v) is 8.92. The molecule has 44 heavy (non-hydrogen) atoms. The zero-order valence-electron chi connectivity index (χ0n) is 23.8. The number of aromatic amines is 1. The van der Waals surface area contributed by atoms with Crippen molar-refractivity contribution in [3.63, 3.8) is 0 Å². The predicted molar refractivity (Wildman–Crippen MR) is 160 cm³/mol. The van der Waals surface area contributed by atoms with Gasteiger partial charge in [-0.15, -0.1) is 0 Å². The van der Waals surface area contributed by atoms with Gasteiger partial charge in [-0.25, -0.2) is 14.4 Å². The van der Waals surface area contributed by atoms with Crippen LogP contribution in [0.4, 0.5) is 4.39 Å². The maximum Gasteiger partial charge on any atom is 0.253 e. The minimum absolute atomic E-state index is 0.199. The number of piperidine rings is 1. The van der Waals surface area contributed by atoms with Crippen molar-refractivity contribution in [1.29, 1.82) is 10.5 Å². The third-order valence-electron chi connectivity index (χ3n) is 8.92. The SMILES string of the molecule is N#CCC1(n2cc(-c3ncnc4[nH]ccc34)cn2)CN(C2CCN(C(=O)c3ccc(-c4ccccc4C#N)c(F)c3)CC2)C1. The van der Waals surface area contributed by atoms with E-state index in [0.717, 1.165) is 35.1 Å². The lowest BCUT2D eigenvalue weighted by molar-refractivity contribution is -0.0412. The third kappa shape index (κ3) is 4.68. The van der Waals surface area contributed by atoms with Gasteiger partial charge in [0.2, 0.25) is 0 Å². The molecule has 7 rings (SSSR count). The Balaban J connectivity index is 0.998. The summed E-state index contributed by atoms with van der Waals surface area (Å²) in [5.41, 5.74) is 3.50. The first-order valence-electron chi connectivity index (χ1n) is 14.5. The number of hydrogen-bond donors (Lipinski definition) is 1. The molecule has 0 radical (unpaired) electrons. The van der Waals surface area contributed by atoms with Crippen molar-refractivity contribution < 1.29 is 9.18 Å². The number of nitrogens with zero attached hydrogens (tertiary/aromatic N) is 8. The molecule has 0 spiro atoms. The molecular weight excluding hydrogens is 557 g/mol. The van der Waals surface area contributed by atoms with E-state index in [9.17, 15) is 15.3 Å². The molecule has 2 aromatic carbocycles. The second-order valence-corrected chi connectivity index (χ2v) is 11.5. The molecule has 0 saturated carbocycles. The first-order valence-corrected chi connectivity index (χ1v) is 14.5. The topological polar surface area (TPSA) is 131 Å². The van der Waals surface area contributed by atoms with Gasteiger partial charge >= 0.3 is 0 Å². The van der Waals surface area contributed by atoms with Crippen LogP contribution in [0.5, 0.6) is 0 Å².